The molecule has 6 nitrogen and oxygen atoms in total. The zero-order chi connectivity index (χ0) is 17.4. The number of aromatic nitrogens is 1. The van der Waals surface area contributed by atoms with Gasteiger partial charge in [0.2, 0.25) is 0 Å². The second-order valence-corrected chi connectivity index (χ2v) is 4.64. The monoisotopic (exact) mass is 330 g/mol. The van der Waals surface area contributed by atoms with Gasteiger partial charge in [-0.25, -0.2) is 14.0 Å². The fourth-order valence-corrected chi connectivity index (χ4v) is 1.75. The fourth-order valence-electron chi connectivity index (χ4n) is 1.75. The smallest absolute Gasteiger partial charge is 0.412 e. The molecule has 1 amide bonds. The van der Waals surface area contributed by atoms with Crippen molar-refractivity contribution in [3.05, 3.63) is 71.4 Å². The summed E-state index contributed by atoms with van der Waals surface area (Å²) in [5.74, 6) is -1.29. The third-order valence-corrected chi connectivity index (χ3v) is 2.90. The molecule has 0 atom stereocenters. The Morgan fingerprint density at radius 1 is 1.21 bits per heavy atom. The van der Waals surface area contributed by atoms with Gasteiger partial charge < -0.3 is 9.47 Å². The summed E-state index contributed by atoms with van der Waals surface area (Å²) in [6.07, 6.45) is 1.43. The minimum absolute atomic E-state index is 0.0515. The van der Waals surface area contributed by atoms with E-state index in [9.17, 15) is 14.0 Å². The molecule has 1 heterocycles. The minimum Gasteiger partial charge on any atom is -0.464 e. The summed E-state index contributed by atoms with van der Waals surface area (Å²) in [5.41, 5.74) is 0.909. The van der Waals surface area contributed by atoms with Crippen molar-refractivity contribution in [2.75, 3.05) is 7.11 Å². The van der Waals surface area contributed by atoms with Gasteiger partial charge in [0.25, 0.3) is 0 Å². The van der Waals surface area contributed by atoms with Crippen molar-refractivity contribution >= 4 is 18.1 Å². The molecule has 7 heteroatoms. The van der Waals surface area contributed by atoms with Crippen LogP contribution in [0, 0.1) is 5.82 Å². The lowest BCUT2D eigenvalue weighted by Crippen LogP contribution is -2.28. The molecular weight excluding hydrogens is 315 g/mol. The number of alkyl carbamates (subject to hydrolysis) is 1. The number of nitrogens with one attached hydrogen (secondary N) is 1. The number of pyridine rings is 1. The lowest BCUT2D eigenvalue weighted by molar-refractivity contribution is -0.136. The number of hydrogen-bond donors (Lipinski definition) is 1. The summed E-state index contributed by atoms with van der Waals surface area (Å²) in [4.78, 5) is 27.3. The van der Waals surface area contributed by atoms with Crippen LogP contribution in [0.15, 0.2) is 54.4 Å². The molecule has 0 saturated heterocycles. The van der Waals surface area contributed by atoms with Crippen molar-refractivity contribution in [1.29, 1.82) is 0 Å². The molecule has 2 rings (SSSR count). The van der Waals surface area contributed by atoms with E-state index in [0.29, 0.717) is 0 Å². The molecule has 124 valence electrons. The molecule has 0 aliphatic heterocycles. The van der Waals surface area contributed by atoms with Crippen LogP contribution in [0.3, 0.4) is 0 Å². The topological polar surface area (TPSA) is 77.5 Å². The highest BCUT2D eigenvalue weighted by Gasteiger charge is 2.15. The van der Waals surface area contributed by atoms with Crippen LogP contribution in [-0.2, 0) is 20.9 Å². The first-order valence-electron chi connectivity index (χ1n) is 6.98. The molecular formula is C17H15FN2O4. The fraction of sp³-hybridized carbons (Fsp3) is 0.118. The number of nitrogens with zero attached hydrogens (tertiary/aromatic N) is 1. The summed E-state index contributed by atoms with van der Waals surface area (Å²) in [6, 6.07) is 11.6. The minimum atomic E-state index is -0.822. The van der Waals surface area contributed by atoms with Gasteiger partial charge in [0.1, 0.15) is 18.1 Å². The van der Waals surface area contributed by atoms with Gasteiger partial charge in [-0.1, -0.05) is 30.3 Å². The molecule has 0 radical (unpaired) electrons. The lowest BCUT2D eigenvalue weighted by Gasteiger charge is -2.09. The molecule has 1 aromatic carbocycles. The van der Waals surface area contributed by atoms with Crippen LogP contribution in [0.1, 0.15) is 11.3 Å². The molecule has 2 aromatic rings. The summed E-state index contributed by atoms with van der Waals surface area (Å²) in [7, 11) is 1.17. The van der Waals surface area contributed by atoms with Crippen molar-refractivity contribution in [3.8, 4) is 0 Å². The Morgan fingerprint density at radius 2 is 1.96 bits per heavy atom. The van der Waals surface area contributed by atoms with E-state index in [-0.39, 0.29) is 18.0 Å². The van der Waals surface area contributed by atoms with Crippen LogP contribution < -0.4 is 5.32 Å². The molecule has 0 aliphatic rings. The first-order chi connectivity index (χ1) is 11.6. The summed E-state index contributed by atoms with van der Waals surface area (Å²) in [5, 5.41) is 2.29. The van der Waals surface area contributed by atoms with Crippen molar-refractivity contribution in [1.82, 2.24) is 10.3 Å². The van der Waals surface area contributed by atoms with Gasteiger partial charge in [-0.2, -0.15) is 0 Å². The number of esters is 1. The highest BCUT2D eigenvalue weighted by Crippen LogP contribution is 2.06. The molecule has 24 heavy (non-hydrogen) atoms. The van der Waals surface area contributed by atoms with E-state index in [1.807, 2.05) is 18.2 Å². The Morgan fingerprint density at radius 3 is 2.58 bits per heavy atom. The van der Waals surface area contributed by atoms with E-state index in [4.69, 9.17) is 4.74 Å². The maximum Gasteiger partial charge on any atom is 0.412 e. The second-order valence-electron chi connectivity index (χ2n) is 4.64. The van der Waals surface area contributed by atoms with Gasteiger partial charge in [0, 0.05) is 0 Å². The molecule has 0 unspecified atom stereocenters. The van der Waals surface area contributed by atoms with Crippen molar-refractivity contribution in [2.24, 2.45) is 0 Å². The number of halogens is 1. The molecule has 1 N–H and O–H groups in total. The highest BCUT2D eigenvalue weighted by atomic mass is 19.1. The van der Waals surface area contributed by atoms with Crippen LogP contribution in [0.25, 0.3) is 6.08 Å². The first kappa shape index (κ1) is 17.1. The molecule has 0 aliphatic carbocycles. The number of methoxy groups -OCH3 is 1. The van der Waals surface area contributed by atoms with Gasteiger partial charge in [-0.15, -0.1) is 0 Å². The molecule has 0 fully saturated rings. The maximum absolute atomic E-state index is 12.9. The zero-order valence-corrected chi connectivity index (χ0v) is 12.9. The molecule has 0 saturated carbocycles. The third kappa shape index (κ3) is 5.20. The number of carbonyl (C=O) groups is 2. The van der Waals surface area contributed by atoms with Crippen LogP contribution in [0.4, 0.5) is 9.18 Å². The predicted molar refractivity (Wildman–Crippen MR) is 84.0 cm³/mol. The summed E-state index contributed by atoms with van der Waals surface area (Å²) < 4.78 is 22.5. The standard InChI is InChI=1S/C17H15FN2O4/c1-23-16(21)15(9-14-8-7-13(18)10-19-14)20-17(22)24-11-12-5-3-2-4-6-12/h2-10H,11H2,1H3,(H,20,22). The number of hydrogen-bond acceptors (Lipinski definition) is 5. The van der Waals surface area contributed by atoms with Gasteiger partial charge in [0.15, 0.2) is 0 Å². The molecule has 0 spiro atoms. The Bertz CT molecular complexity index is 730. The average molecular weight is 330 g/mol. The van der Waals surface area contributed by atoms with E-state index >= 15 is 0 Å². The second kappa shape index (κ2) is 8.42. The van der Waals surface area contributed by atoms with E-state index in [0.717, 1.165) is 11.8 Å². The summed E-state index contributed by atoms with van der Waals surface area (Å²) in [6.45, 7) is 0.0515. The first-order valence-corrected chi connectivity index (χ1v) is 6.98. The van der Waals surface area contributed by atoms with E-state index < -0.39 is 17.9 Å². The van der Waals surface area contributed by atoms with Gasteiger partial charge in [-0.3, -0.25) is 10.3 Å². The lowest BCUT2D eigenvalue weighted by atomic mass is 10.2. The maximum atomic E-state index is 12.9. The third-order valence-electron chi connectivity index (χ3n) is 2.90. The zero-order valence-electron chi connectivity index (χ0n) is 12.9. The number of amides is 1. The van der Waals surface area contributed by atoms with Crippen LogP contribution in [0.2, 0.25) is 0 Å². The number of rotatable bonds is 5. The van der Waals surface area contributed by atoms with E-state index in [2.05, 4.69) is 15.0 Å². The Labute approximate surface area is 137 Å². The number of carbonyl (C=O) groups excluding carboxylic acids is 2. The Hall–Kier alpha value is -3.22. The van der Waals surface area contributed by atoms with Gasteiger partial charge in [-0.05, 0) is 23.8 Å². The highest BCUT2D eigenvalue weighted by molar-refractivity contribution is 5.96. The van der Waals surface area contributed by atoms with E-state index in [1.54, 1.807) is 12.1 Å². The molecule has 1 aromatic heterocycles. The van der Waals surface area contributed by atoms with Crippen LogP contribution in [-0.4, -0.2) is 24.2 Å². The Balaban J connectivity index is 2.04. The average Bonchev–Trinajstić information content (AvgIpc) is 2.61. The normalized spacial score (nSPS) is 10.8. The SMILES string of the molecule is COC(=O)C(=Cc1ccc(F)cn1)NC(=O)OCc1ccccc1. The van der Waals surface area contributed by atoms with Crippen molar-refractivity contribution in [3.63, 3.8) is 0 Å². The van der Waals surface area contributed by atoms with Crippen LogP contribution in [0.5, 0.6) is 0 Å². The quantitative estimate of drug-likeness (QED) is 0.674. The van der Waals surface area contributed by atoms with E-state index in [1.165, 1.54) is 25.3 Å². The largest absolute Gasteiger partial charge is 0.464 e. The van der Waals surface area contributed by atoms with Crippen molar-refractivity contribution in [2.45, 2.75) is 6.61 Å². The summed E-state index contributed by atoms with van der Waals surface area (Å²) >= 11 is 0. The number of benzene rings is 1. The Kier molecular flexibility index (Phi) is 6.01. The number of ether oxygens (including phenoxy) is 2. The molecule has 0 bridgehead atoms. The van der Waals surface area contributed by atoms with Crippen LogP contribution >= 0.6 is 0 Å². The predicted octanol–water partition coefficient (Wildman–Crippen LogP) is 2.66. The van der Waals surface area contributed by atoms with Crippen molar-refractivity contribution < 1.29 is 23.5 Å². The van der Waals surface area contributed by atoms with Gasteiger partial charge >= 0.3 is 12.1 Å². The van der Waals surface area contributed by atoms with Gasteiger partial charge in [0.05, 0.1) is 19.0 Å².